The molecule has 0 bridgehead atoms. The van der Waals surface area contributed by atoms with Gasteiger partial charge in [-0.05, 0) is 76.1 Å². The number of halogens is 2. The number of amides is 1. The number of benzene rings is 2. The average Bonchev–Trinajstić information content (AvgIpc) is 3.07. The topological polar surface area (TPSA) is 81.8 Å². The van der Waals surface area contributed by atoms with Crippen molar-refractivity contribution < 1.29 is 22.7 Å². The molecule has 2 aromatic heterocycles. The Labute approximate surface area is 229 Å². The maximum Gasteiger partial charge on any atom is 0.410 e. The summed E-state index contributed by atoms with van der Waals surface area (Å²) in [6.07, 6.45) is 3.13. The molecule has 4 aromatic rings. The summed E-state index contributed by atoms with van der Waals surface area (Å²) in [5, 5.41) is 0.0277. The van der Waals surface area contributed by atoms with Gasteiger partial charge in [0.05, 0.1) is 11.1 Å². The predicted octanol–water partition coefficient (Wildman–Crippen LogP) is 5.98. The average molecular weight is 549 g/mol. The Hall–Kier alpha value is -4.01. The summed E-state index contributed by atoms with van der Waals surface area (Å²) in [6, 6.07) is 8.77. The van der Waals surface area contributed by atoms with Gasteiger partial charge in [0.15, 0.2) is 11.6 Å². The van der Waals surface area contributed by atoms with Crippen LogP contribution in [-0.4, -0.2) is 34.3 Å². The van der Waals surface area contributed by atoms with Gasteiger partial charge in [-0.15, -0.1) is 0 Å². The molecule has 1 aliphatic carbocycles. The normalized spacial score (nSPS) is 16.1. The maximum atomic E-state index is 14.9. The van der Waals surface area contributed by atoms with Crippen LogP contribution in [0.15, 0.2) is 50.4 Å². The van der Waals surface area contributed by atoms with Gasteiger partial charge in [-0.2, -0.15) is 0 Å². The molecule has 1 aliphatic heterocycles. The number of aromatic nitrogens is 1. The van der Waals surface area contributed by atoms with Crippen LogP contribution in [0, 0.1) is 11.6 Å². The summed E-state index contributed by atoms with van der Waals surface area (Å²) in [4.78, 5) is 42.0. The molecule has 0 unspecified atom stereocenters. The van der Waals surface area contributed by atoms with Gasteiger partial charge in [0.25, 0.3) is 5.56 Å². The highest BCUT2D eigenvalue weighted by Gasteiger charge is 2.29. The maximum absolute atomic E-state index is 14.9. The highest BCUT2D eigenvalue weighted by Crippen LogP contribution is 2.38. The van der Waals surface area contributed by atoms with Crippen molar-refractivity contribution in [1.29, 1.82) is 0 Å². The van der Waals surface area contributed by atoms with Crippen molar-refractivity contribution in [3.05, 3.63) is 85.4 Å². The summed E-state index contributed by atoms with van der Waals surface area (Å²) in [5.41, 5.74) is 0.672. The highest BCUT2D eigenvalue weighted by atomic mass is 19.2. The molecular weight excluding hydrogens is 518 g/mol. The molecule has 0 saturated heterocycles. The summed E-state index contributed by atoms with van der Waals surface area (Å²) in [7, 11) is 0. The molecule has 2 aromatic carbocycles. The van der Waals surface area contributed by atoms with Crippen molar-refractivity contribution in [3.8, 4) is 5.69 Å². The number of rotatable bonds is 2. The van der Waals surface area contributed by atoms with Crippen molar-refractivity contribution in [2.24, 2.45) is 0 Å². The minimum atomic E-state index is -1.14. The first kappa shape index (κ1) is 26.2. The molecule has 1 amide bonds. The number of carbonyl (C=O) groups excluding carboxylic acids is 1. The number of fused-ring (bicyclic) bond motifs is 4. The largest absolute Gasteiger partial charge is 0.455 e. The van der Waals surface area contributed by atoms with Crippen LogP contribution in [0.5, 0.6) is 0 Å². The zero-order chi connectivity index (χ0) is 28.3. The van der Waals surface area contributed by atoms with E-state index >= 15 is 0 Å². The highest BCUT2D eigenvalue weighted by molar-refractivity contribution is 5.91. The van der Waals surface area contributed by atoms with Crippen LogP contribution in [0.1, 0.15) is 62.8 Å². The molecule has 3 heterocycles. The van der Waals surface area contributed by atoms with Gasteiger partial charge in [-0.1, -0.05) is 18.6 Å². The molecule has 0 N–H and O–H groups in total. The molecule has 0 atom stereocenters. The molecule has 0 spiro atoms. The molecule has 1 fully saturated rings. The van der Waals surface area contributed by atoms with E-state index in [9.17, 15) is 23.2 Å². The number of carbonyl (C=O) groups is 1. The third-order valence-corrected chi connectivity index (χ3v) is 7.87. The van der Waals surface area contributed by atoms with Gasteiger partial charge in [-0.25, -0.2) is 13.6 Å². The molecule has 1 saturated carbocycles. The molecule has 9 heteroatoms. The van der Waals surface area contributed by atoms with Crippen LogP contribution in [0.2, 0.25) is 0 Å². The number of nitrogens with zero attached hydrogens (tertiary/aromatic N) is 2. The molecule has 6 rings (SSSR count). The Morgan fingerprint density at radius 2 is 1.80 bits per heavy atom. The van der Waals surface area contributed by atoms with E-state index in [0.717, 1.165) is 41.0 Å². The van der Waals surface area contributed by atoms with Crippen molar-refractivity contribution in [1.82, 2.24) is 9.47 Å². The second-order valence-electron chi connectivity index (χ2n) is 11.6. The summed E-state index contributed by atoms with van der Waals surface area (Å²) in [5.74, 6) is -2.26. The fourth-order valence-corrected chi connectivity index (χ4v) is 5.65. The molecular formula is C31H30F2N2O5. The molecule has 208 valence electrons. The SMILES string of the molecule is CC(C)(C)OC(=O)N1CCc2ccc3c(=O)c4c(=O)n(-c5cccc(F)c5F)c(C5CCC5)cc4oc3c2CC1. The number of hydrogen-bond acceptors (Lipinski definition) is 5. The van der Waals surface area contributed by atoms with Crippen LogP contribution in [0.3, 0.4) is 0 Å². The minimum absolute atomic E-state index is 0.0453. The second-order valence-corrected chi connectivity index (χ2v) is 11.6. The monoisotopic (exact) mass is 548 g/mol. The van der Waals surface area contributed by atoms with Gasteiger partial charge in [0, 0.05) is 30.4 Å². The summed E-state index contributed by atoms with van der Waals surface area (Å²) >= 11 is 0. The zero-order valence-electron chi connectivity index (χ0n) is 22.7. The third-order valence-electron chi connectivity index (χ3n) is 7.87. The fraction of sp³-hybridized carbons (Fsp3) is 0.387. The lowest BCUT2D eigenvalue weighted by molar-refractivity contribution is 0.0258. The summed E-state index contributed by atoms with van der Waals surface area (Å²) in [6.45, 7) is 6.30. The third kappa shape index (κ3) is 4.37. The van der Waals surface area contributed by atoms with Crippen LogP contribution in [-0.2, 0) is 17.6 Å². The Balaban J connectivity index is 1.52. The van der Waals surface area contributed by atoms with E-state index in [1.807, 2.05) is 26.8 Å². The molecule has 0 radical (unpaired) electrons. The van der Waals surface area contributed by atoms with E-state index in [0.29, 0.717) is 37.2 Å². The number of ether oxygens (including phenoxy) is 1. The van der Waals surface area contributed by atoms with E-state index in [2.05, 4.69) is 0 Å². The minimum Gasteiger partial charge on any atom is -0.455 e. The van der Waals surface area contributed by atoms with E-state index in [1.165, 1.54) is 12.1 Å². The number of hydrogen-bond donors (Lipinski definition) is 0. The quantitative estimate of drug-likeness (QED) is 0.288. The van der Waals surface area contributed by atoms with E-state index in [1.54, 1.807) is 17.0 Å². The fourth-order valence-electron chi connectivity index (χ4n) is 5.65. The van der Waals surface area contributed by atoms with Gasteiger partial charge in [-0.3, -0.25) is 14.2 Å². The van der Waals surface area contributed by atoms with Crippen molar-refractivity contribution in [2.75, 3.05) is 13.1 Å². The van der Waals surface area contributed by atoms with Crippen molar-refractivity contribution in [2.45, 2.75) is 64.4 Å². The van der Waals surface area contributed by atoms with E-state index < -0.39 is 34.3 Å². The first-order valence-corrected chi connectivity index (χ1v) is 13.6. The lowest BCUT2D eigenvalue weighted by Crippen LogP contribution is -2.38. The Morgan fingerprint density at radius 3 is 2.50 bits per heavy atom. The van der Waals surface area contributed by atoms with Crippen LogP contribution in [0.4, 0.5) is 13.6 Å². The number of pyridine rings is 1. The van der Waals surface area contributed by atoms with Crippen LogP contribution >= 0.6 is 0 Å². The molecule has 40 heavy (non-hydrogen) atoms. The lowest BCUT2D eigenvalue weighted by Gasteiger charge is -2.28. The lowest BCUT2D eigenvalue weighted by atomic mass is 9.82. The first-order valence-electron chi connectivity index (χ1n) is 13.6. The van der Waals surface area contributed by atoms with Gasteiger partial charge in [0.2, 0.25) is 5.43 Å². The van der Waals surface area contributed by atoms with Crippen LogP contribution in [0.25, 0.3) is 27.6 Å². The van der Waals surface area contributed by atoms with Crippen molar-refractivity contribution >= 4 is 28.0 Å². The van der Waals surface area contributed by atoms with Gasteiger partial charge >= 0.3 is 6.09 Å². The van der Waals surface area contributed by atoms with E-state index in [4.69, 9.17) is 9.15 Å². The zero-order valence-corrected chi connectivity index (χ0v) is 22.7. The van der Waals surface area contributed by atoms with E-state index in [-0.39, 0.29) is 28.0 Å². The van der Waals surface area contributed by atoms with Gasteiger partial charge in [0.1, 0.15) is 22.2 Å². The first-order chi connectivity index (χ1) is 19.0. The Kier molecular flexibility index (Phi) is 6.27. The molecule has 2 aliphatic rings. The Bertz CT molecular complexity index is 1800. The Morgan fingerprint density at radius 1 is 1.05 bits per heavy atom. The standard InChI is InChI=1S/C31H30F2N2O5/c1-31(2,3)40-30(38)34-14-12-17-10-11-20-27(36)25-24(39-28(20)19(17)13-15-34)16-23(18-6-4-7-18)35(29(25)37)22-9-5-8-21(32)26(22)33/h5,8-11,16,18H,4,6-7,12-15H2,1-3H3. The van der Waals surface area contributed by atoms with Crippen molar-refractivity contribution in [3.63, 3.8) is 0 Å². The summed E-state index contributed by atoms with van der Waals surface area (Å²) < 4.78 is 42.1. The van der Waals surface area contributed by atoms with Crippen LogP contribution < -0.4 is 11.0 Å². The predicted molar refractivity (Wildman–Crippen MR) is 147 cm³/mol. The smallest absolute Gasteiger partial charge is 0.410 e. The second kappa shape index (κ2) is 9.57. The molecule has 7 nitrogen and oxygen atoms in total. The van der Waals surface area contributed by atoms with Gasteiger partial charge < -0.3 is 14.1 Å².